The van der Waals surface area contributed by atoms with Crippen molar-refractivity contribution >= 4 is 21.6 Å². The van der Waals surface area contributed by atoms with Crippen molar-refractivity contribution in [2.75, 3.05) is 38.1 Å². The highest BCUT2D eigenvalue weighted by atomic mass is 32.2. The fourth-order valence-electron chi connectivity index (χ4n) is 4.28. The SMILES string of the molecule is CN1CCN(C(=O)C2CCN(S(=O)(=O)c3ccccc3F)CC2)Cc2ccccc21. The first-order chi connectivity index (χ1) is 14.4. The van der Waals surface area contributed by atoms with Crippen molar-refractivity contribution in [3.8, 4) is 0 Å². The quantitative estimate of drug-likeness (QED) is 0.750. The van der Waals surface area contributed by atoms with E-state index in [9.17, 15) is 17.6 Å². The number of hydrogen-bond donors (Lipinski definition) is 0. The van der Waals surface area contributed by atoms with Crippen molar-refractivity contribution in [3.05, 3.63) is 59.9 Å². The highest BCUT2D eigenvalue weighted by Gasteiger charge is 2.35. The molecule has 1 saturated heterocycles. The molecule has 0 unspecified atom stereocenters. The zero-order chi connectivity index (χ0) is 21.3. The van der Waals surface area contributed by atoms with Gasteiger partial charge in [-0.05, 0) is 36.6 Å². The Morgan fingerprint density at radius 1 is 0.967 bits per heavy atom. The molecule has 30 heavy (non-hydrogen) atoms. The Balaban J connectivity index is 1.43. The highest BCUT2D eigenvalue weighted by molar-refractivity contribution is 7.89. The monoisotopic (exact) mass is 431 g/mol. The summed E-state index contributed by atoms with van der Waals surface area (Å²) in [6.07, 6.45) is 0.890. The van der Waals surface area contributed by atoms with Crippen molar-refractivity contribution in [1.82, 2.24) is 9.21 Å². The molecule has 0 bridgehead atoms. The van der Waals surface area contributed by atoms with Crippen LogP contribution >= 0.6 is 0 Å². The van der Waals surface area contributed by atoms with Crippen LogP contribution in [0.3, 0.4) is 0 Å². The van der Waals surface area contributed by atoms with Gasteiger partial charge in [-0.15, -0.1) is 0 Å². The number of piperidine rings is 1. The largest absolute Gasteiger partial charge is 0.373 e. The molecule has 0 radical (unpaired) electrons. The van der Waals surface area contributed by atoms with E-state index in [4.69, 9.17) is 0 Å². The van der Waals surface area contributed by atoms with Crippen molar-refractivity contribution in [1.29, 1.82) is 0 Å². The lowest BCUT2D eigenvalue weighted by Crippen LogP contribution is -2.45. The van der Waals surface area contributed by atoms with Crippen molar-refractivity contribution in [2.24, 2.45) is 5.92 Å². The van der Waals surface area contributed by atoms with Gasteiger partial charge in [0.25, 0.3) is 0 Å². The van der Waals surface area contributed by atoms with Crippen LogP contribution in [0.1, 0.15) is 18.4 Å². The van der Waals surface area contributed by atoms with E-state index in [0.29, 0.717) is 25.9 Å². The van der Waals surface area contributed by atoms with E-state index in [1.807, 2.05) is 30.1 Å². The normalized spacial score (nSPS) is 18.7. The van der Waals surface area contributed by atoms with E-state index in [2.05, 4.69) is 11.0 Å². The zero-order valence-electron chi connectivity index (χ0n) is 17.0. The highest BCUT2D eigenvalue weighted by Crippen LogP contribution is 2.29. The molecular weight excluding hydrogens is 405 g/mol. The Morgan fingerprint density at radius 3 is 2.37 bits per heavy atom. The maximum Gasteiger partial charge on any atom is 0.245 e. The second-order valence-electron chi connectivity index (χ2n) is 7.92. The van der Waals surface area contributed by atoms with Crippen LogP contribution in [-0.4, -0.2) is 56.8 Å². The summed E-state index contributed by atoms with van der Waals surface area (Å²) in [6, 6.07) is 13.5. The number of nitrogens with zero attached hydrogens (tertiary/aromatic N) is 3. The first-order valence-electron chi connectivity index (χ1n) is 10.2. The molecule has 2 heterocycles. The van der Waals surface area contributed by atoms with E-state index in [-0.39, 0.29) is 29.8 Å². The molecular formula is C22H26FN3O3S. The average molecular weight is 432 g/mol. The van der Waals surface area contributed by atoms with Gasteiger partial charge in [-0.1, -0.05) is 30.3 Å². The van der Waals surface area contributed by atoms with Gasteiger partial charge in [0.1, 0.15) is 10.7 Å². The first-order valence-corrected chi connectivity index (χ1v) is 11.6. The molecule has 1 fully saturated rings. The molecule has 0 saturated carbocycles. The number of rotatable bonds is 3. The predicted octanol–water partition coefficient (Wildman–Crippen LogP) is 2.71. The van der Waals surface area contributed by atoms with Crippen LogP contribution in [-0.2, 0) is 21.4 Å². The van der Waals surface area contributed by atoms with E-state index >= 15 is 0 Å². The standard InChI is InChI=1S/C22H26FN3O3S/c1-24-14-15-25(16-18-6-2-4-8-20(18)24)22(27)17-10-12-26(13-11-17)30(28,29)21-9-5-3-7-19(21)23/h2-9,17H,10-16H2,1H3. The molecule has 2 aliphatic rings. The van der Waals surface area contributed by atoms with Crippen molar-refractivity contribution < 1.29 is 17.6 Å². The molecule has 8 heteroatoms. The van der Waals surface area contributed by atoms with Crippen LogP contribution in [0.4, 0.5) is 10.1 Å². The van der Waals surface area contributed by atoms with Gasteiger partial charge in [-0.25, -0.2) is 12.8 Å². The Kier molecular flexibility index (Phi) is 5.79. The number of hydrogen-bond acceptors (Lipinski definition) is 4. The number of halogens is 1. The minimum Gasteiger partial charge on any atom is -0.373 e. The van der Waals surface area contributed by atoms with E-state index in [0.717, 1.165) is 23.9 Å². The van der Waals surface area contributed by atoms with Crippen LogP contribution < -0.4 is 4.90 Å². The van der Waals surface area contributed by atoms with Gasteiger partial charge in [0, 0.05) is 51.4 Å². The number of para-hydroxylation sites is 1. The molecule has 0 aliphatic carbocycles. The molecule has 6 nitrogen and oxygen atoms in total. The molecule has 160 valence electrons. The van der Waals surface area contributed by atoms with Crippen LogP contribution in [0.5, 0.6) is 0 Å². The molecule has 1 amide bonds. The topological polar surface area (TPSA) is 60.9 Å². The van der Waals surface area contributed by atoms with Gasteiger partial charge in [0.15, 0.2) is 0 Å². The summed E-state index contributed by atoms with van der Waals surface area (Å²) in [5.74, 6) is -0.890. The second kappa shape index (κ2) is 8.35. The van der Waals surface area contributed by atoms with Gasteiger partial charge in [-0.3, -0.25) is 4.79 Å². The Hall–Kier alpha value is -2.45. The predicted molar refractivity (Wildman–Crippen MR) is 113 cm³/mol. The van der Waals surface area contributed by atoms with Gasteiger partial charge >= 0.3 is 0 Å². The van der Waals surface area contributed by atoms with Crippen LogP contribution in [0.2, 0.25) is 0 Å². The molecule has 2 aliphatic heterocycles. The summed E-state index contributed by atoms with van der Waals surface area (Å²) >= 11 is 0. The number of likely N-dealkylation sites (N-methyl/N-ethyl adjacent to an activating group) is 1. The average Bonchev–Trinajstić information content (AvgIpc) is 2.93. The number of amides is 1. The fourth-order valence-corrected chi connectivity index (χ4v) is 5.81. The zero-order valence-corrected chi connectivity index (χ0v) is 17.8. The number of carbonyl (C=O) groups excluding carboxylic acids is 1. The molecule has 0 aromatic heterocycles. The van der Waals surface area contributed by atoms with E-state index < -0.39 is 15.8 Å². The van der Waals surface area contributed by atoms with Crippen LogP contribution in [0.25, 0.3) is 0 Å². The molecule has 0 atom stereocenters. The summed E-state index contributed by atoms with van der Waals surface area (Å²) < 4.78 is 40.9. The smallest absolute Gasteiger partial charge is 0.245 e. The van der Waals surface area contributed by atoms with E-state index in [1.54, 1.807) is 0 Å². The van der Waals surface area contributed by atoms with Gasteiger partial charge in [0.05, 0.1) is 0 Å². The lowest BCUT2D eigenvalue weighted by molar-refractivity contribution is -0.137. The molecule has 4 rings (SSSR count). The maximum atomic E-state index is 14.0. The third-order valence-electron chi connectivity index (χ3n) is 6.04. The summed E-state index contributed by atoms with van der Waals surface area (Å²) in [5, 5.41) is 0. The number of anilines is 1. The molecule has 0 spiro atoms. The third-order valence-corrected chi connectivity index (χ3v) is 7.97. The number of sulfonamides is 1. The summed E-state index contributed by atoms with van der Waals surface area (Å²) in [5.41, 5.74) is 2.25. The van der Waals surface area contributed by atoms with E-state index in [1.165, 1.54) is 22.5 Å². The molecule has 0 N–H and O–H groups in total. The summed E-state index contributed by atoms with van der Waals surface area (Å²) in [4.78, 5) is 16.9. The Morgan fingerprint density at radius 2 is 1.63 bits per heavy atom. The van der Waals surface area contributed by atoms with Crippen molar-refractivity contribution in [3.63, 3.8) is 0 Å². The van der Waals surface area contributed by atoms with Crippen molar-refractivity contribution in [2.45, 2.75) is 24.3 Å². The molecule has 2 aromatic carbocycles. The minimum absolute atomic E-state index is 0.0723. The minimum atomic E-state index is -3.89. The summed E-state index contributed by atoms with van der Waals surface area (Å²) in [7, 11) is -1.87. The van der Waals surface area contributed by atoms with Gasteiger partial charge in [0.2, 0.25) is 15.9 Å². The lowest BCUT2D eigenvalue weighted by atomic mass is 9.96. The van der Waals surface area contributed by atoms with Crippen LogP contribution in [0, 0.1) is 11.7 Å². The fraction of sp³-hybridized carbons (Fsp3) is 0.409. The van der Waals surface area contributed by atoms with Crippen LogP contribution in [0.15, 0.2) is 53.4 Å². The number of benzene rings is 2. The second-order valence-corrected chi connectivity index (χ2v) is 9.83. The third kappa shape index (κ3) is 3.94. The maximum absolute atomic E-state index is 14.0. The number of carbonyl (C=O) groups is 1. The lowest BCUT2D eigenvalue weighted by Gasteiger charge is -2.33. The van der Waals surface area contributed by atoms with Gasteiger partial charge in [-0.2, -0.15) is 4.31 Å². The Labute approximate surface area is 176 Å². The summed E-state index contributed by atoms with van der Waals surface area (Å²) in [6.45, 7) is 2.39. The van der Waals surface area contributed by atoms with Gasteiger partial charge < -0.3 is 9.80 Å². The first kappa shape index (κ1) is 20.8. The Bertz CT molecular complexity index is 1040. The number of fused-ring (bicyclic) bond motifs is 1. The molecule has 2 aromatic rings.